The monoisotopic (exact) mass is 268 g/mol. The molecule has 6 nitrogen and oxygen atoms in total. The summed E-state index contributed by atoms with van der Waals surface area (Å²) in [6.07, 6.45) is 1.37. The molecule has 0 aliphatic carbocycles. The molecular weight excluding hydrogens is 244 g/mol. The van der Waals surface area contributed by atoms with Crippen LogP contribution in [-0.2, 0) is 0 Å². The Bertz CT molecular complexity index is 390. The standard InChI is InChI=1S/C13H24N4O2/c1-11(2)7-13(14-9(18)16(11)5)8-12(3,4)17(6)10(19)15-13/h7-8H2,1-6H3,(H,14,18)(H,15,19). The molecule has 2 saturated heterocycles. The number of amides is 4. The zero-order chi connectivity index (χ0) is 14.6. The lowest BCUT2D eigenvalue weighted by Crippen LogP contribution is -2.78. The van der Waals surface area contributed by atoms with E-state index in [2.05, 4.69) is 10.6 Å². The summed E-state index contributed by atoms with van der Waals surface area (Å²) in [5, 5.41) is 5.94. The smallest absolute Gasteiger partial charge is 0.319 e. The van der Waals surface area contributed by atoms with E-state index in [0.717, 1.165) is 0 Å². The van der Waals surface area contributed by atoms with E-state index in [1.165, 1.54) is 0 Å². The summed E-state index contributed by atoms with van der Waals surface area (Å²) in [7, 11) is 3.56. The van der Waals surface area contributed by atoms with Crippen molar-refractivity contribution in [2.45, 2.75) is 57.3 Å². The maximum atomic E-state index is 12.1. The quantitative estimate of drug-likeness (QED) is 0.696. The molecule has 0 aromatic heterocycles. The Morgan fingerprint density at radius 2 is 1.16 bits per heavy atom. The van der Waals surface area contributed by atoms with Gasteiger partial charge >= 0.3 is 12.1 Å². The van der Waals surface area contributed by atoms with Gasteiger partial charge in [0, 0.05) is 38.0 Å². The highest BCUT2D eigenvalue weighted by atomic mass is 16.2. The highest BCUT2D eigenvalue weighted by Crippen LogP contribution is 2.37. The van der Waals surface area contributed by atoms with Gasteiger partial charge in [0.2, 0.25) is 0 Å². The van der Waals surface area contributed by atoms with Crippen molar-refractivity contribution in [2.24, 2.45) is 0 Å². The lowest BCUT2D eigenvalue weighted by Gasteiger charge is -2.56. The van der Waals surface area contributed by atoms with E-state index in [-0.39, 0.29) is 23.1 Å². The van der Waals surface area contributed by atoms with Crippen LogP contribution < -0.4 is 10.6 Å². The number of rotatable bonds is 0. The van der Waals surface area contributed by atoms with E-state index >= 15 is 0 Å². The Hall–Kier alpha value is -1.46. The molecule has 1 spiro atoms. The molecular formula is C13H24N4O2. The molecule has 2 fully saturated rings. The van der Waals surface area contributed by atoms with Crippen LogP contribution in [0.5, 0.6) is 0 Å². The average molecular weight is 268 g/mol. The molecule has 0 aromatic rings. The second kappa shape index (κ2) is 3.77. The number of hydrogen-bond donors (Lipinski definition) is 2. The van der Waals surface area contributed by atoms with E-state index in [1.807, 2.05) is 27.7 Å². The molecule has 4 amide bonds. The van der Waals surface area contributed by atoms with Crippen LogP contribution in [0, 0.1) is 0 Å². The molecule has 2 N–H and O–H groups in total. The zero-order valence-corrected chi connectivity index (χ0v) is 12.6. The van der Waals surface area contributed by atoms with Crippen LogP contribution in [0.4, 0.5) is 9.59 Å². The van der Waals surface area contributed by atoms with Gasteiger partial charge in [-0.3, -0.25) is 0 Å². The first-order valence-electron chi connectivity index (χ1n) is 6.61. The highest BCUT2D eigenvalue weighted by Gasteiger charge is 2.53. The third kappa shape index (κ3) is 2.13. The summed E-state index contributed by atoms with van der Waals surface area (Å²) in [6, 6.07) is -0.284. The van der Waals surface area contributed by atoms with Crippen LogP contribution in [0.3, 0.4) is 0 Å². The van der Waals surface area contributed by atoms with E-state index < -0.39 is 5.66 Å². The van der Waals surface area contributed by atoms with Crippen molar-refractivity contribution in [3.05, 3.63) is 0 Å². The number of nitrogens with one attached hydrogen (secondary N) is 2. The fourth-order valence-electron chi connectivity index (χ4n) is 3.11. The van der Waals surface area contributed by atoms with Crippen LogP contribution in [0.15, 0.2) is 0 Å². The Labute approximate surface area is 114 Å². The Morgan fingerprint density at radius 1 is 0.842 bits per heavy atom. The lowest BCUT2D eigenvalue weighted by molar-refractivity contribution is 0.00931. The van der Waals surface area contributed by atoms with Crippen LogP contribution in [-0.4, -0.2) is 52.7 Å². The minimum absolute atomic E-state index is 0.142. The predicted octanol–water partition coefficient (Wildman–Crippen LogP) is 1.33. The van der Waals surface area contributed by atoms with Gasteiger partial charge < -0.3 is 20.4 Å². The number of nitrogens with zero attached hydrogens (tertiary/aromatic N) is 2. The maximum Gasteiger partial charge on any atom is 0.319 e. The number of hydrogen-bond acceptors (Lipinski definition) is 2. The molecule has 2 aliphatic rings. The van der Waals surface area contributed by atoms with Gasteiger partial charge in [-0.15, -0.1) is 0 Å². The molecule has 19 heavy (non-hydrogen) atoms. The Balaban J connectivity index is 2.34. The first-order chi connectivity index (χ1) is 8.49. The minimum Gasteiger partial charge on any atom is -0.323 e. The Morgan fingerprint density at radius 3 is 1.42 bits per heavy atom. The summed E-state index contributed by atoms with van der Waals surface area (Å²) < 4.78 is 0. The van der Waals surface area contributed by atoms with E-state index in [9.17, 15) is 9.59 Å². The topological polar surface area (TPSA) is 64.7 Å². The highest BCUT2D eigenvalue weighted by molar-refractivity contribution is 5.81. The summed E-state index contributed by atoms with van der Waals surface area (Å²) >= 11 is 0. The van der Waals surface area contributed by atoms with Gasteiger partial charge in [0.15, 0.2) is 0 Å². The van der Waals surface area contributed by atoms with Crippen molar-refractivity contribution >= 4 is 12.1 Å². The maximum absolute atomic E-state index is 12.1. The fourth-order valence-corrected chi connectivity index (χ4v) is 3.11. The number of urea groups is 2. The molecule has 2 rings (SSSR count). The molecule has 0 atom stereocenters. The predicted molar refractivity (Wildman–Crippen MR) is 72.7 cm³/mol. The van der Waals surface area contributed by atoms with Gasteiger partial charge in [-0.2, -0.15) is 0 Å². The number of carbonyl (C=O) groups is 2. The van der Waals surface area contributed by atoms with E-state index in [4.69, 9.17) is 0 Å². The molecule has 2 heterocycles. The van der Waals surface area contributed by atoms with Gasteiger partial charge in [0.25, 0.3) is 0 Å². The second-order valence-electron chi connectivity index (χ2n) is 7.04. The van der Waals surface area contributed by atoms with Crippen molar-refractivity contribution in [1.82, 2.24) is 20.4 Å². The molecule has 0 bridgehead atoms. The van der Waals surface area contributed by atoms with Crippen LogP contribution in [0.25, 0.3) is 0 Å². The summed E-state index contributed by atoms with van der Waals surface area (Å²) in [5.41, 5.74) is -1.23. The van der Waals surface area contributed by atoms with Crippen LogP contribution in [0.1, 0.15) is 40.5 Å². The molecule has 0 saturated carbocycles. The molecule has 108 valence electrons. The normalized spacial score (nSPS) is 28.1. The summed E-state index contributed by atoms with van der Waals surface area (Å²) in [5.74, 6) is 0. The molecule has 0 aromatic carbocycles. The van der Waals surface area contributed by atoms with Gasteiger partial charge in [-0.1, -0.05) is 0 Å². The van der Waals surface area contributed by atoms with Crippen molar-refractivity contribution in [2.75, 3.05) is 14.1 Å². The van der Waals surface area contributed by atoms with Crippen molar-refractivity contribution in [1.29, 1.82) is 0 Å². The van der Waals surface area contributed by atoms with Gasteiger partial charge in [-0.05, 0) is 27.7 Å². The lowest BCUT2D eigenvalue weighted by atomic mass is 9.78. The minimum atomic E-state index is -0.653. The average Bonchev–Trinajstić information content (AvgIpc) is 2.21. The second-order valence-corrected chi connectivity index (χ2v) is 7.04. The first-order valence-corrected chi connectivity index (χ1v) is 6.61. The first kappa shape index (κ1) is 14.0. The van der Waals surface area contributed by atoms with Gasteiger partial charge in [0.1, 0.15) is 5.66 Å². The molecule has 2 aliphatic heterocycles. The van der Waals surface area contributed by atoms with Crippen molar-refractivity contribution in [3.8, 4) is 0 Å². The largest absolute Gasteiger partial charge is 0.323 e. The fraction of sp³-hybridized carbons (Fsp3) is 0.846. The van der Waals surface area contributed by atoms with Crippen LogP contribution >= 0.6 is 0 Å². The number of carbonyl (C=O) groups excluding carboxylic acids is 2. The third-order valence-electron chi connectivity index (χ3n) is 4.59. The van der Waals surface area contributed by atoms with E-state index in [0.29, 0.717) is 12.8 Å². The summed E-state index contributed by atoms with van der Waals surface area (Å²) in [6.45, 7) is 8.08. The van der Waals surface area contributed by atoms with E-state index in [1.54, 1.807) is 23.9 Å². The SMILES string of the molecule is CN1C(=O)NC2(CC1(C)C)CC(C)(C)N(C)C(=O)N2. The summed E-state index contributed by atoms with van der Waals surface area (Å²) in [4.78, 5) is 27.6. The molecule has 0 radical (unpaired) electrons. The van der Waals surface area contributed by atoms with Gasteiger partial charge in [-0.25, -0.2) is 9.59 Å². The Kier molecular flexibility index (Phi) is 2.77. The zero-order valence-electron chi connectivity index (χ0n) is 12.6. The molecule has 0 unspecified atom stereocenters. The third-order valence-corrected chi connectivity index (χ3v) is 4.59. The van der Waals surface area contributed by atoms with Crippen LogP contribution in [0.2, 0.25) is 0 Å². The van der Waals surface area contributed by atoms with Crippen molar-refractivity contribution < 1.29 is 9.59 Å². The van der Waals surface area contributed by atoms with Gasteiger partial charge in [0.05, 0.1) is 0 Å². The molecule has 6 heteroatoms. The van der Waals surface area contributed by atoms with Crippen molar-refractivity contribution in [3.63, 3.8) is 0 Å².